The molecule has 1 aliphatic rings. The van der Waals surface area contributed by atoms with Crippen LogP contribution < -0.4 is 5.32 Å². The minimum atomic E-state index is 0.161. The first-order chi connectivity index (χ1) is 8.25. The van der Waals surface area contributed by atoms with Crippen LogP contribution >= 0.6 is 0 Å². The Kier molecular flexibility index (Phi) is 8.12. The summed E-state index contributed by atoms with van der Waals surface area (Å²) in [4.78, 5) is 11.1. The summed E-state index contributed by atoms with van der Waals surface area (Å²) in [7, 11) is 0. The van der Waals surface area contributed by atoms with Gasteiger partial charge in [-0.1, -0.05) is 51.5 Å². The molecule has 2 nitrogen and oxygen atoms in total. The Bertz CT molecular complexity index is 345. The van der Waals surface area contributed by atoms with Crippen LogP contribution in [0.2, 0.25) is 0 Å². The molecule has 1 heterocycles. The Morgan fingerprint density at radius 1 is 1.00 bits per heavy atom. The summed E-state index contributed by atoms with van der Waals surface area (Å²) in [5.41, 5.74) is 3.85. The fourth-order valence-electron chi connectivity index (χ4n) is 1.69. The number of hydrogen-bond donors (Lipinski definition) is 1. The number of carbonyl (C=O) groups is 1. The molecule has 0 aromatic heterocycles. The molecule has 1 N–H and O–H groups in total. The van der Waals surface area contributed by atoms with Gasteiger partial charge >= 0.3 is 0 Å². The highest BCUT2D eigenvalue weighted by Gasteiger charge is 2.11. The lowest BCUT2D eigenvalue weighted by atomic mass is 10.0. The fraction of sp³-hybridized carbons (Fsp3) is 0.533. The summed E-state index contributed by atoms with van der Waals surface area (Å²) < 4.78 is 0. The fourth-order valence-corrected chi connectivity index (χ4v) is 1.69. The number of rotatable bonds is 0. The van der Waals surface area contributed by atoms with Crippen molar-refractivity contribution in [1.29, 1.82) is 0 Å². The van der Waals surface area contributed by atoms with Gasteiger partial charge in [0.05, 0.1) is 0 Å². The standard InChI is InChI=1S/C11H13NO.2C2H6/c1-8-2-3-10-7-12-11(13)5-4-9(10)6-8;2*1-2/h2-3,6H,4-5,7H2,1H3,(H,12,13);2*1-2H3. The van der Waals surface area contributed by atoms with Crippen molar-refractivity contribution in [3.63, 3.8) is 0 Å². The molecule has 0 spiro atoms. The number of nitrogens with one attached hydrogen (secondary N) is 1. The second-order valence-electron chi connectivity index (χ2n) is 3.55. The molecule has 0 aliphatic carbocycles. The monoisotopic (exact) mass is 235 g/mol. The van der Waals surface area contributed by atoms with E-state index in [4.69, 9.17) is 0 Å². The van der Waals surface area contributed by atoms with Crippen LogP contribution in [0.4, 0.5) is 0 Å². The topological polar surface area (TPSA) is 29.1 Å². The summed E-state index contributed by atoms with van der Waals surface area (Å²) >= 11 is 0. The molecule has 0 bridgehead atoms. The van der Waals surface area contributed by atoms with Gasteiger partial charge in [0.2, 0.25) is 5.91 Å². The van der Waals surface area contributed by atoms with Crippen molar-refractivity contribution in [3.05, 3.63) is 34.9 Å². The summed E-state index contributed by atoms with van der Waals surface area (Å²) in [6, 6.07) is 6.38. The highest BCUT2D eigenvalue weighted by Crippen LogP contribution is 2.16. The molecule has 0 atom stereocenters. The van der Waals surface area contributed by atoms with Gasteiger partial charge in [0, 0.05) is 13.0 Å². The number of amides is 1. The van der Waals surface area contributed by atoms with E-state index in [2.05, 4.69) is 30.4 Å². The second kappa shape index (κ2) is 8.80. The zero-order valence-corrected chi connectivity index (χ0v) is 11.8. The van der Waals surface area contributed by atoms with Gasteiger partial charge in [-0.2, -0.15) is 0 Å². The maximum Gasteiger partial charge on any atom is 0.220 e. The van der Waals surface area contributed by atoms with Crippen LogP contribution in [0, 0.1) is 6.92 Å². The number of benzene rings is 1. The van der Waals surface area contributed by atoms with Crippen molar-refractivity contribution in [2.24, 2.45) is 0 Å². The smallest absolute Gasteiger partial charge is 0.220 e. The molecule has 1 aromatic carbocycles. The first kappa shape index (κ1) is 15.7. The Morgan fingerprint density at radius 3 is 2.29 bits per heavy atom. The molecule has 96 valence electrons. The molecule has 2 heteroatoms. The number of carbonyl (C=O) groups excluding carboxylic acids is 1. The number of aryl methyl sites for hydroxylation is 2. The summed E-state index contributed by atoms with van der Waals surface area (Å²) in [5.74, 6) is 0.161. The molecule has 0 fully saturated rings. The molecule has 0 saturated heterocycles. The Hall–Kier alpha value is -1.31. The maximum atomic E-state index is 11.1. The predicted molar refractivity (Wildman–Crippen MR) is 74.0 cm³/mol. The van der Waals surface area contributed by atoms with Crippen LogP contribution in [-0.4, -0.2) is 5.91 Å². The molecule has 1 aliphatic heterocycles. The Labute approximate surface area is 105 Å². The van der Waals surface area contributed by atoms with E-state index in [0.29, 0.717) is 13.0 Å². The first-order valence-electron chi connectivity index (χ1n) is 6.61. The van der Waals surface area contributed by atoms with E-state index in [9.17, 15) is 4.79 Å². The average Bonchev–Trinajstić information content (AvgIpc) is 2.57. The van der Waals surface area contributed by atoms with Crippen LogP contribution in [0.5, 0.6) is 0 Å². The molecule has 2 rings (SSSR count). The van der Waals surface area contributed by atoms with E-state index >= 15 is 0 Å². The van der Waals surface area contributed by atoms with Crippen LogP contribution in [0.3, 0.4) is 0 Å². The SMILES string of the molecule is CC.CC.Cc1ccc2c(c1)CCC(=O)NC2. The average molecular weight is 235 g/mol. The molecule has 0 unspecified atom stereocenters. The van der Waals surface area contributed by atoms with E-state index in [1.54, 1.807) is 0 Å². The van der Waals surface area contributed by atoms with Crippen LogP contribution in [0.1, 0.15) is 50.8 Å². The van der Waals surface area contributed by atoms with Gasteiger partial charge in [0.1, 0.15) is 0 Å². The Morgan fingerprint density at radius 2 is 1.65 bits per heavy atom. The first-order valence-corrected chi connectivity index (χ1v) is 6.61. The molecule has 0 saturated carbocycles. The minimum absolute atomic E-state index is 0.161. The quantitative estimate of drug-likeness (QED) is 0.731. The molecular weight excluding hydrogens is 210 g/mol. The van der Waals surface area contributed by atoms with Crippen molar-refractivity contribution in [3.8, 4) is 0 Å². The second-order valence-corrected chi connectivity index (χ2v) is 3.55. The Balaban J connectivity index is 0.000000581. The van der Waals surface area contributed by atoms with Crippen LogP contribution in [0.15, 0.2) is 18.2 Å². The van der Waals surface area contributed by atoms with Gasteiger partial charge in [-0.15, -0.1) is 0 Å². The molecule has 1 amide bonds. The zero-order valence-electron chi connectivity index (χ0n) is 11.8. The maximum absolute atomic E-state index is 11.1. The molecule has 17 heavy (non-hydrogen) atoms. The molecular formula is C15H25NO. The van der Waals surface area contributed by atoms with E-state index in [-0.39, 0.29) is 5.91 Å². The van der Waals surface area contributed by atoms with E-state index < -0.39 is 0 Å². The van der Waals surface area contributed by atoms with Gasteiger partial charge in [-0.05, 0) is 24.5 Å². The molecule has 0 radical (unpaired) electrons. The highest BCUT2D eigenvalue weighted by molar-refractivity contribution is 5.76. The third-order valence-corrected chi connectivity index (χ3v) is 2.46. The summed E-state index contributed by atoms with van der Waals surface area (Å²) in [5, 5.41) is 2.88. The van der Waals surface area contributed by atoms with Gasteiger partial charge < -0.3 is 5.32 Å². The van der Waals surface area contributed by atoms with Crippen molar-refractivity contribution >= 4 is 5.91 Å². The van der Waals surface area contributed by atoms with Crippen molar-refractivity contribution in [1.82, 2.24) is 5.32 Å². The van der Waals surface area contributed by atoms with Crippen molar-refractivity contribution in [2.45, 2.75) is 54.0 Å². The van der Waals surface area contributed by atoms with E-state index in [1.807, 2.05) is 27.7 Å². The number of fused-ring (bicyclic) bond motifs is 1. The number of hydrogen-bond acceptors (Lipinski definition) is 1. The van der Waals surface area contributed by atoms with Gasteiger partial charge in [0.25, 0.3) is 0 Å². The van der Waals surface area contributed by atoms with Gasteiger partial charge in [-0.25, -0.2) is 0 Å². The normalized spacial score (nSPS) is 12.9. The predicted octanol–water partition coefficient (Wildman–Crippen LogP) is 3.61. The lowest BCUT2D eigenvalue weighted by Crippen LogP contribution is -2.20. The van der Waals surface area contributed by atoms with E-state index in [0.717, 1.165) is 6.42 Å². The summed E-state index contributed by atoms with van der Waals surface area (Å²) in [6.07, 6.45) is 1.50. The van der Waals surface area contributed by atoms with Crippen LogP contribution in [-0.2, 0) is 17.8 Å². The van der Waals surface area contributed by atoms with Crippen molar-refractivity contribution < 1.29 is 4.79 Å². The van der Waals surface area contributed by atoms with Gasteiger partial charge in [0.15, 0.2) is 0 Å². The lowest BCUT2D eigenvalue weighted by molar-refractivity contribution is -0.121. The van der Waals surface area contributed by atoms with Gasteiger partial charge in [-0.3, -0.25) is 4.79 Å². The zero-order chi connectivity index (χ0) is 13.3. The lowest BCUT2D eigenvalue weighted by Gasteiger charge is -2.05. The molecule has 1 aromatic rings. The largest absolute Gasteiger partial charge is 0.352 e. The minimum Gasteiger partial charge on any atom is -0.352 e. The van der Waals surface area contributed by atoms with Crippen LogP contribution in [0.25, 0.3) is 0 Å². The third kappa shape index (κ3) is 5.03. The highest BCUT2D eigenvalue weighted by atomic mass is 16.1. The van der Waals surface area contributed by atoms with E-state index in [1.165, 1.54) is 16.7 Å². The summed E-state index contributed by atoms with van der Waals surface area (Å²) in [6.45, 7) is 10.8. The van der Waals surface area contributed by atoms with Crippen molar-refractivity contribution in [2.75, 3.05) is 0 Å². The third-order valence-electron chi connectivity index (χ3n) is 2.46.